The fourth-order valence-electron chi connectivity index (χ4n) is 5.27. The van der Waals surface area contributed by atoms with E-state index in [0.29, 0.717) is 39.4 Å². The van der Waals surface area contributed by atoms with Crippen LogP contribution in [0.3, 0.4) is 0 Å². The Kier molecular flexibility index (Phi) is 16.3. The Hall–Kier alpha value is -3.63. The monoisotopic (exact) mass is 733 g/mol. The Balaban J connectivity index is 1.37. The molecule has 1 aliphatic rings. The van der Waals surface area contributed by atoms with Crippen molar-refractivity contribution in [2.75, 3.05) is 52.7 Å². The number of ether oxygens (including phenoxy) is 4. The molecule has 3 atom stereocenters. The van der Waals surface area contributed by atoms with Crippen molar-refractivity contribution < 1.29 is 43.2 Å². The summed E-state index contributed by atoms with van der Waals surface area (Å²) < 4.78 is 21.6. The second-order valence-corrected chi connectivity index (χ2v) is 15.4. The largest absolute Gasteiger partial charge is 0.444 e. The molecule has 4 N–H and O–H groups in total. The van der Waals surface area contributed by atoms with Crippen LogP contribution in [0.15, 0.2) is 29.8 Å². The van der Waals surface area contributed by atoms with E-state index in [1.165, 1.54) is 4.90 Å². The number of aliphatic hydroxyl groups excluding tert-OH is 1. The van der Waals surface area contributed by atoms with Crippen LogP contribution in [0, 0.1) is 12.3 Å². The van der Waals surface area contributed by atoms with Gasteiger partial charge in [0.2, 0.25) is 17.7 Å². The third kappa shape index (κ3) is 14.5. The predicted octanol–water partition coefficient (Wildman–Crippen LogP) is 3.19. The van der Waals surface area contributed by atoms with Crippen LogP contribution in [0.5, 0.6) is 0 Å². The molecule has 14 nitrogen and oxygen atoms in total. The third-order valence-electron chi connectivity index (χ3n) is 7.81. The number of β-amino-alcohol motifs (C(OH)–C–C–N with tert-alkyl or cyclic N) is 1. The number of alkyl carbamates (subject to hydrolysis) is 1. The van der Waals surface area contributed by atoms with Gasteiger partial charge >= 0.3 is 6.09 Å². The van der Waals surface area contributed by atoms with Crippen molar-refractivity contribution in [2.45, 2.75) is 91.6 Å². The summed E-state index contributed by atoms with van der Waals surface area (Å²) >= 11 is 1.57. The van der Waals surface area contributed by atoms with Gasteiger partial charge in [-0.2, -0.15) is 0 Å². The number of hydrogen-bond donors (Lipinski definition) is 4. The minimum atomic E-state index is -0.945. The fourth-order valence-corrected chi connectivity index (χ4v) is 6.08. The fraction of sp³-hybridized carbons (Fsp3) is 0.639. The Morgan fingerprint density at radius 2 is 1.63 bits per heavy atom. The number of aryl methyl sites for hydroxylation is 1. The quantitative estimate of drug-likeness (QED) is 0.167. The highest BCUT2D eigenvalue weighted by Crippen LogP contribution is 2.28. The summed E-state index contributed by atoms with van der Waals surface area (Å²) in [6, 6.07) is 6.04. The number of nitrogens with zero attached hydrogens (tertiary/aromatic N) is 2. The molecule has 0 bridgehead atoms. The Bertz CT molecular complexity index is 1420. The van der Waals surface area contributed by atoms with E-state index in [9.17, 15) is 24.3 Å². The number of aromatic nitrogens is 1. The molecule has 0 saturated carbocycles. The van der Waals surface area contributed by atoms with Crippen LogP contribution in [0.4, 0.5) is 4.79 Å². The summed E-state index contributed by atoms with van der Waals surface area (Å²) in [7, 11) is 0. The lowest BCUT2D eigenvalue weighted by atomic mass is 9.85. The molecule has 1 fully saturated rings. The molecule has 1 unspecified atom stereocenters. The summed E-state index contributed by atoms with van der Waals surface area (Å²) in [5.74, 6) is -1.27. The molecule has 0 aliphatic carbocycles. The van der Waals surface area contributed by atoms with Crippen molar-refractivity contribution in [1.29, 1.82) is 0 Å². The number of nitrogens with one attached hydrogen (secondary N) is 3. The first kappa shape index (κ1) is 41.8. The average Bonchev–Trinajstić information content (AvgIpc) is 3.66. The third-order valence-corrected chi connectivity index (χ3v) is 8.79. The maximum absolute atomic E-state index is 13.8. The maximum atomic E-state index is 13.8. The van der Waals surface area contributed by atoms with Crippen LogP contribution in [0.2, 0.25) is 0 Å². The summed E-state index contributed by atoms with van der Waals surface area (Å²) in [5, 5.41) is 18.8. The first-order valence-corrected chi connectivity index (χ1v) is 18.2. The summed E-state index contributed by atoms with van der Waals surface area (Å²) in [6.45, 7) is 14.9. The van der Waals surface area contributed by atoms with E-state index >= 15 is 0 Å². The number of rotatable bonds is 18. The van der Waals surface area contributed by atoms with Gasteiger partial charge in [0.15, 0.2) is 0 Å². The van der Waals surface area contributed by atoms with Gasteiger partial charge in [0.05, 0.1) is 42.0 Å². The molecule has 2 aromatic rings. The summed E-state index contributed by atoms with van der Waals surface area (Å²) in [6.07, 6.45) is -0.697. The minimum Gasteiger partial charge on any atom is -0.444 e. The van der Waals surface area contributed by atoms with Crippen LogP contribution >= 0.6 is 11.3 Å². The number of carbonyl (C=O) groups is 4. The smallest absolute Gasteiger partial charge is 0.407 e. The SMILES string of the molecule is Cc1ncsc1-c1ccc(CNC(=O)[C@@H]2C[C@@H](O)CN2C(=O)C(NC(=O)COCCCOCCOCCNC(=O)OC(C)(C)C)C(C)(C)C)cc1. The Morgan fingerprint density at radius 1 is 0.961 bits per heavy atom. The van der Waals surface area contributed by atoms with Gasteiger partial charge in [-0.1, -0.05) is 45.0 Å². The molecule has 4 amide bonds. The molecule has 1 saturated heterocycles. The van der Waals surface area contributed by atoms with E-state index in [1.54, 1.807) is 32.1 Å². The molecule has 3 rings (SSSR count). The molecular weight excluding hydrogens is 678 g/mol. The Morgan fingerprint density at radius 3 is 2.25 bits per heavy atom. The van der Waals surface area contributed by atoms with Gasteiger partial charge in [0, 0.05) is 39.3 Å². The molecule has 1 aromatic carbocycles. The van der Waals surface area contributed by atoms with Crippen molar-refractivity contribution in [3.8, 4) is 10.4 Å². The number of benzene rings is 1. The van der Waals surface area contributed by atoms with Crippen LogP contribution in [-0.2, 0) is 39.9 Å². The van der Waals surface area contributed by atoms with Gasteiger partial charge in [0.1, 0.15) is 24.3 Å². The predicted molar refractivity (Wildman–Crippen MR) is 193 cm³/mol. The van der Waals surface area contributed by atoms with Gasteiger partial charge in [-0.05, 0) is 50.7 Å². The van der Waals surface area contributed by atoms with Crippen LogP contribution in [-0.4, -0.2) is 115 Å². The van der Waals surface area contributed by atoms with Gasteiger partial charge < -0.3 is 44.9 Å². The van der Waals surface area contributed by atoms with Gasteiger partial charge in [-0.25, -0.2) is 9.78 Å². The first-order valence-electron chi connectivity index (χ1n) is 17.3. The number of thiazole rings is 1. The molecule has 2 heterocycles. The van der Waals surface area contributed by atoms with Crippen molar-refractivity contribution >= 4 is 35.2 Å². The van der Waals surface area contributed by atoms with Gasteiger partial charge in [0.25, 0.3) is 0 Å². The van der Waals surface area contributed by atoms with E-state index in [-0.39, 0.29) is 38.6 Å². The van der Waals surface area contributed by atoms with Crippen LogP contribution in [0.25, 0.3) is 10.4 Å². The summed E-state index contributed by atoms with van der Waals surface area (Å²) in [4.78, 5) is 58.3. The van der Waals surface area contributed by atoms with Crippen molar-refractivity contribution in [2.24, 2.45) is 5.41 Å². The molecule has 284 valence electrons. The highest BCUT2D eigenvalue weighted by Gasteiger charge is 2.44. The van der Waals surface area contributed by atoms with Crippen molar-refractivity contribution in [3.63, 3.8) is 0 Å². The maximum Gasteiger partial charge on any atom is 0.407 e. The first-order chi connectivity index (χ1) is 24.0. The van der Waals surface area contributed by atoms with E-state index in [2.05, 4.69) is 20.9 Å². The lowest BCUT2D eigenvalue weighted by Crippen LogP contribution is -2.58. The number of aliphatic hydroxyl groups is 1. The van der Waals surface area contributed by atoms with E-state index in [0.717, 1.165) is 21.7 Å². The van der Waals surface area contributed by atoms with Gasteiger partial charge in [-0.15, -0.1) is 11.3 Å². The van der Waals surface area contributed by atoms with Crippen molar-refractivity contribution in [3.05, 3.63) is 41.0 Å². The average molecular weight is 734 g/mol. The zero-order valence-electron chi connectivity index (χ0n) is 30.9. The number of amides is 4. The molecule has 51 heavy (non-hydrogen) atoms. The van der Waals surface area contributed by atoms with E-state index in [4.69, 9.17) is 18.9 Å². The van der Waals surface area contributed by atoms with Crippen LogP contribution in [0.1, 0.15) is 65.6 Å². The highest BCUT2D eigenvalue weighted by atomic mass is 32.1. The molecule has 0 radical (unpaired) electrons. The second kappa shape index (κ2) is 19.8. The van der Waals surface area contributed by atoms with Gasteiger partial charge in [-0.3, -0.25) is 14.4 Å². The van der Waals surface area contributed by atoms with Crippen LogP contribution < -0.4 is 16.0 Å². The lowest BCUT2D eigenvalue weighted by molar-refractivity contribution is -0.144. The zero-order valence-corrected chi connectivity index (χ0v) is 31.7. The Labute approximate surface area is 305 Å². The molecular formula is C36H55N5O9S. The minimum absolute atomic E-state index is 0.00716. The normalized spacial score (nSPS) is 16.8. The number of likely N-dealkylation sites (tertiary alicyclic amines) is 1. The molecule has 15 heteroatoms. The van der Waals surface area contributed by atoms with Crippen molar-refractivity contribution in [1.82, 2.24) is 25.8 Å². The summed E-state index contributed by atoms with van der Waals surface area (Å²) in [5.41, 5.74) is 3.49. The molecule has 1 aromatic heterocycles. The highest BCUT2D eigenvalue weighted by molar-refractivity contribution is 7.13. The number of carbonyl (C=O) groups excluding carboxylic acids is 4. The second-order valence-electron chi connectivity index (χ2n) is 14.5. The number of hydrogen-bond acceptors (Lipinski definition) is 11. The topological polar surface area (TPSA) is 178 Å². The zero-order chi connectivity index (χ0) is 37.6. The molecule has 1 aliphatic heterocycles. The lowest BCUT2D eigenvalue weighted by Gasteiger charge is -2.35. The molecule has 0 spiro atoms. The van der Waals surface area contributed by atoms with E-state index in [1.807, 2.05) is 57.5 Å². The standard InChI is InChI=1S/C36H55N5O9S/c1-24-30(51-23-39-24)26-11-9-25(10-12-26)20-38-32(44)28-19-27(42)21-41(28)33(45)31(35(2,3)4)40-29(43)22-49-15-8-14-47-17-18-48-16-13-37-34(46)50-36(5,6)7/h9-12,23,27-28,31,42H,8,13-22H2,1-7H3,(H,37,46)(H,38,44)(H,40,43)/t27-,28+,31?/m1/s1. The van der Waals surface area contributed by atoms with E-state index < -0.39 is 47.1 Å².